The summed E-state index contributed by atoms with van der Waals surface area (Å²) in [4.78, 5) is 18.5. The largest absolute Gasteiger partial charge is 0.434 e. The molecule has 0 atom stereocenters. The van der Waals surface area contributed by atoms with Crippen LogP contribution in [0.25, 0.3) is 0 Å². The summed E-state index contributed by atoms with van der Waals surface area (Å²) < 4.78 is 5.36. The lowest BCUT2D eigenvalue weighted by atomic mass is 10.3. The maximum Gasteiger partial charge on any atom is 0.349 e. The molecule has 98 valence electrons. The molecule has 19 heavy (non-hydrogen) atoms. The Balaban J connectivity index is 2.31. The summed E-state index contributed by atoms with van der Waals surface area (Å²) in [6.07, 6.45) is 2.96. The number of thioether (sulfide) groups is 1. The van der Waals surface area contributed by atoms with Crippen molar-refractivity contribution in [2.45, 2.75) is 4.90 Å². The van der Waals surface area contributed by atoms with Gasteiger partial charge in [-0.1, -0.05) is 0 Å². The van der Waals surface area contributed by atoms with Crippen molar-refractivity contribution in [3.8, 4) is 11.6 Å². The van der Waals surface area contributed by atoms with E-state index in [4.69, 9.17) is 16.3 Å². The van der Waals surface area contributed by atoms with Gasteiger partial charge in [0.2, 0.25) is 5.28 Å². The highest BCUT2D eigenvalue weighted by Crippen LogP contribution is 2.30. The van der Waals surface area contributed by atoms with Crippen molar-refractivity contribution in [2.24, 2.45) is 0 Å². The zero-order chi connectivity index (χ0) is 13.8. The molecule has 0 aliphatic carbocycles. The molecule has 0 radical (unpaired) electrons. The molecule has 6 nitrogen and oxygen atoms in total. The summed E-state index contributed by atoms with van der Waals surface area (Å²) in [6.45, 7) is 0. The van der Waals surface area contributed by atoms with Crippen LogP contribution in [0, 0.1) is 10.1 Å². The summed E-state index contributed by atoms with van der Waals surface area (Å²) in [5.74, 6) is 0.262. The fourth-order valence-corrected chi connectivity index (χ4v) is 1.83. The number of halogens is 1. The molecule has 8 heteroatoms. The molecular formula is C11H8ClN3O3S. The molecule has 0 bridgehead atoms. The highest BCUT2D eigenvalue weighted by molar-refractivity contribution is 7.98. The number of hydrogen-bond donors (Lipinski definition) is 0. The van der Waals surface area contributed by atoms with Gasteiger partial charge in [-0.2, -0.15) is 4.98 Å². The summed E-state index contributed by atoms with van der Waals surface area (Å²) in [5, 5.41) is 10.7. The summed E-state index contributed by atoms with van der Waals surface area (Å²) in [6, 6.07) is 7.08. The van der Waals surface area contributed by atoms with E-state index < -0.39 is 4.92 Å². The van der Waals surface area contributed by atoms with Gasteiger partial charge in [-0.15, -0.1) is 11.8 Å². The van der Waals surface area contributed by atoms with Crippen molar-refractivity contribution in [3.05, 3.63) is 45.9 Å². The summed E-state index contributed by atoms with van der Waals surface area (Å²) in [5.41, 5.74) is -0.335. The number of nitrogens with zero attached hydrogens (tertiary/aromatic N) is 3. The van der Waals surface area contributed by atoms with Crippen LogP contribution in [0.1, 0.15) is 0 Å². The Labute approximate surface area is 117 Å². The molecule has 0 aliphatic heterocycles. The highest BCUT2D eigenvalue weighted by Gasteiger charge is 2.19. The standard InChI is InChI=1S/C11H8ClN3O3S/c1-19-8-4-2-7(3-5-8)18-10-9(15(16)17)6-13-11(12)14-10/h2-6H,1H3. The lowest BCUT2D eigenvalue weighted by Gasteiger charge is -2.05. The Bertz CT molecular complexity index is 607. The van der Waals surface area contributed by atoms with E-state index in [0.717, 1.165) is 11.1 Å². The maximum atomic E-state index is 10.8. The smallest absolute Gasteiger partial charge is 0.349 e. The van der Waals surface area contributed by atoms with Crippen molar-refractivity contribution in [3.63, 3.8) is 0 Å². The zero-order valence-electron chi connectivity index (χ0n) is 9.74. The van der Waals surface area contributed by atoms with Gasteiger partial charge in [-0.25, -0.2) is 4.98 Å². The SMILES string of the molecule is CSc1ccc(Oc2nc(Cl)ncc2[N+](=O)[O-])cc1. The van der Waals surface area contributed by atoms with Crippen molar-refractivity contribution < 1.29 is 9.66 Å². The van der Waals surface area contributed by atoms with Gasteiger partial charge in [0.05, 0.1) is 4.92 Å². The topological polar surface area (TPSA) is 78.2 Å². The van der Waals surface area contributed by atoms with Crippen LogP contribution >= 0.6 is 23.4 Å². The number of nitro groups is 1. The monoisotopic (exact) mass is 297 g/mol. The van der Waals surface area contributed by atoms with Gasteiger partial charge < -0.3 is 4.74 Å². The predicted octanol–water partition coefficient (Wildman–Crippen LogP) is 3.55. The molecule has 0 amide bonds. The predicted molar refractivity (Wildman–Crippen MR) is 72.0 cm³/mol. The zero-order valence-corrected chi connectivity index (χ0v) is 11.3. The van der Waals surface area contributed by atoms with Crippen LogP contribution in [0.3, 0.4) is 0 Å². The summed E-state index contributed by atoms with van der Waals surface area (Å²) >= 11 is 7.19. The van der Waals surface area contributed by atoms with Crippen LogP contribution in [-0.2, 0) is 0 Å². The van der Waals surface area contributed by atoms with Crippen LogP contribution in [-0.4, -0.2) is 21.1 Å². The molecule has 0 N–H and O–H groups in total. The number of benzene rings is 1. The second-order valence-corrected chi connectivity index (χ2v) is 4.58. The van der Waals surface area contributed by atoms with Gasteiger partial charge in [0, 0.05) is 4.90 Å². The van der Waals surface area contributed by atoms with Crippen LogP contribution in [0.4, 0.5) is 5.69 Å². The first-order valence-electron chi connectivity index (χ1n) is 5.09. The van der Waals surface area contributed by atoms with E-state index in [0.29, 0.717) is 5.75 Å². The molecule has 0 spiro atoms. The Kier molecular flexibility index (Phi) is 4.18. The molecule has 0 unspecified atom stereocenters. The fourth-order valence-electron chi connectivity index (χ4n) is 1.30. The first kappa shape index (κ1) is 13.6. The van der Waals surface area contributed by atoms with Crippen LogP contribution < -0.4 is 4.74 Å². The first-order chi connectivity index (χ1) is 9.10. The van der Waals surface area contributed by atoms with Gasteiger partial charge >= 0.3 is 11.6 Å². The lowest BCUT2D eigenvalue weighted by Crippen LogP contribution is -1.97. The van der Waals surface area contributed by atoms with E-state index in [1.807, 2.05) is 18.4 Å². The molecule has 1 aromatic carbocycles. The molecule has 0 aliphatic rings. The Morgan fingerprint density at radius 1 is 1.37 bits per heavy atom. The molecule has 1 aromatic heterocycles. The highest BCUT2D eigenvalue weighted by atomic mass is 35.5. The second-order valence-electron chi connectivity index (χ2n) is 3.36. The third-order valence-electron chi connectivity index (χ3n) is 2.18. The van der Waals surface area contributed by atoms with Crippen molar-refractivity contribution in [1.29, 1.82) is 0 Å². The van der Waals surface area contributed by atoms with Crippen molar-refractivity contribution in [1.82, 2.24) is 9.97 Å². The van der Waals surface area contributed by atoms with Gasteiger partial charge in [0.15, 0.2) is 0 Å². The number of ether oxygens (including phenoxy) is 1. The molecule has 0 saturated carbocycles. The Morgan fingerprint density at radius 2 is 2.05 bits per heavy atom. The van der Waals surface area contributed by atoms with Gasteiger partial charge in [-0.3, -0.25) is 10.1 Å². The third kappa shape index (κ3) is 3.33. The van der Waals surface area contributed by atoms with E-state index in [9.17, 15) is 10.1 Å². The molecular weight excluding hydrogens is 290 g/mol. The lowest BCUT2D eigenvalue weighted by molar-refractivity contribution is -0.386. The molecule has 2 aromatic rings. The normalized spacial score (nSPS) is 10.2. The van der Waals surface area contributed by atoms with E-state index in [1.165, 1.54) is 0 Å². The maximum absolute atomic E-state index is 10.8. The van der Waals surface area contributed by atoms with Crippen molar-refractivity contribution in [2.75, 3.05) is 6.26 Å². The van der Waals surface area contributed by atoms with Gasteiger partial charge in [0.1, 0.15) is 11.9 Å². The van der Waals surface area contributed by atoms with Gasteiger partial charge in [0.25, 0.3) is 0 Å². The van der Waals surface area contributed by atoms with Crippen LogP contribution in [0.2, 0.25) is 5.28 Å². The molecule has 1 heterocycles. The minimum atomic E-state index is -0.623. The van der Waals surface area contributed by atoms with Crippen molar-refractivity contribution >= 4 is 29.1 Å². The average molecular weight is 298 g/mol. The number of aromatic nitrogens is 2. The van der Waals surface area contributed by atoms with E-state index in [2.05, 4.69) is 9.97 Å². The fraction of sp³-hybridized carbons (Fsp3) is 0.0909. The van der Waals surface area contributed by atoms with E-state index >= 15 is 0 Å². The first-order valence-corrected chi connectivity index (χ1v) is 6.69. The third-order valence-corrected chi connectivity index (χ3v) is 3.10. The Hall–Kier alpha value is -1.86. The van der Waals surface area contributed by atoms with E-state index in [-0.39, 0.29) is 16.9 Å². The average Bonchev–Trinajstić information content (AvgIpc) is 2.39. The molecule has 0 fully saturated rings. The van der Waals surface area contributed by atoms with Gasteiger partial charge in [-0.05, 0) is 42.1 Å². The minimum absolute atomic E-state index is 0.110. The second kappa shape index (κ2) is 5.85. The molecule has 0 saturated heterocycles. The summed E-state index contributed by atoms with van der Waals surface area (Å²) in [7, 11) is 0. The Morgan fingerprint density at radius 3 is 2.63 bits per heavy atom. The number of rotatable bonds is 4. The number of hydrogen-bond acceptors (Lipinski definition) is 6. The molecule has 2 rings (SSSR count). The minimum Gasteiger partial charge on any atom is -0.434 e. The van der Waals surface area contributed by atoms with Crippen LogP contribution in [0.5, 0.6) is 11.6 Å². The van der Waals surface area contributed by atoms with Crippen LogP contribution in [0.15, 0.2) is 35.4 Å². The van der Waals surface area contributed by atoms with E-state index in [1.54, 1.807) is 23.9 Å². The quantitative estimate of drug-likeness (QED) is 0.372.